The highest BCUT2D eigenvalue weighted by Crippen LogP contribution is 2.37. The van der Waals surface area contributed by atoms with Gasteiger partial charge in [-0.15, -0.1) is 0 Å². The lowest BCUT2D eigenvalue weighted by molar-refractivity contribution is -0.438. The van der Waals surface area contributed by atoms with Gasteiger partial charge in [0.1, 0.15) is 12.3 Å². The van der Waals surface area contributed by atoms with Crippen LogP contribution in [-0.2, 0) is 4.79 Å². The fourth-order valence-corrected chi connectivity index (χ4v) is 8.24. The highest BCUT2D eigenvalue weighted by molar-refractivity contribution is 6.39. The number of rotatable bonds is 32. The second kappa shape index (κ2) is 28.6. The Kier molecular flexibility index (Phi) is 23.1. The molecule has 0 fully saturated rings. The van der Waals surface area contributed by atoms with E-state index in [2.05, 4.69) is 59.6 Å². The molecule has 0 radical (unpaired) electrons. The number of allylic oxidation sites excluding steroid dienone is 4. The van der Waals surface area contributed by atoms with Gasteiger partial charge in [-0.3, -0.25) is 9.78 Å². The van der Waals surface area contributed by atoms with Crippen LogP contribution in [0.4, 0.5) is 5.69 Å². The first-order chi connectivity index (χ1) is 28.6. The molecule has 2 heterocycles. The lowest BCUT2D eigenvalue weighted by Gasteiger charge is -2.31. The molecule has 1 aliphatic heterocycles. The number of dihydropyridines is 1. The van der Waals surface area contributed by atoms with Crippen molar-refractivity contribution in [1.82, 2.24) is 4.98 Å². The average Bonchev–Trinajstić information content (AvgIpc) is 3.25. The van der Waals surface area contributed by atoms with E-state index in [0.29, 0.717) is 29.7 Å². The third kappa shape index (κ3) is 16.5. The predicted octanol–water partition coefficient (Wildman–Crippen LogP) is 13.6. The van der Waals surface area contributed by atoms with E-state index in [1.165, 1.54) is 161 Å². The minimum atomic E-state index is -0.292. The van der Waals surface area contributed by atoms with E-state index in [0.717, 1.165) is 24.4 Å². The zero-order valence-electron chi connectivity index (χ0n) is 36.8. The Hall–Kier alpha value is -3.80. The number of nitrogens with zero attached hydrogens (tertiary/aromatic N) is 3. The van der Waals surface area contributed by atoms with Crippen molar-refractivity contribution < 1.29 is 19.2 Å². The van der Waals surface area contributed by atoms with Gasteiger partial charge in [0, 0.05) is 35.8 Å². The smallest absolute Gasteiger partial charge is 0.224 e. The van der Waals surface area contributed by atoms with Crippen molar-refractivity contribution in [2.24, 2.45) is 10.9 Å². The first-order valence-electron chi connectivity index (χ1n) is 23.8. The van der Waals surface area contributed by atoms with Crippen LogP contribution in [0.1, 0.15) is 193 Å². The zero-order valence-corrected chi connectivity index (χ0v) is 36.8. The molecule has 4 rings (SSSR count). The zero-order chi connectivity index (χ0) is 41.0. The molecule has 0 spiro atoms. The number of benzene rings is 1. The summed E-state index contributed by atoms with van der Waals surface area (Å²) < 4.78 is 8.52. The average molecular weight is 792 g/mol. The van der Waals surface area contributed by atoms with Gasteiger partial charge in [-0.2, -0.15) is 4.58 Å². The molecular formula is C52H77N3O3. The molecule has 0 N–H and O–H groups in total. The second-order valence-electron chi connectivity index (χ2n) is 16.9. The summed E-state index contributed by atoms with van der Waals surface area (Å²) in [5.74, 6) is 0.634. The molecule has 0 saturated heterocycles. The molecule has 2 aromatic rings. The summed E-state index contributed by atoms with van der Waals surface area (Å²) in [5.41, 5.74) is 3.16. The quantitative estimate of drug-likeness (QED) is 0.0420. The monoisotopic (exact) mass is 792 g/mol. The van der Waals surface area contributed by atoms with Crippen molar-refractivity contribution in [3.05, 3.63) is 83.5 Å². The molecule has 1 aromatic heterocycles. The number of ketones is 1. The van der Waals surface area contributed by atoms with Crippen LogP contribution in [0.25, 0.3) is 5.57 Å². The van der Waals surface area contributed by atoms with E-state index >= 15 is 0 Å². The van der Waals surface area contributed by atoms with Crippen LogP contribution < -0.4 is 9.84 Å². The molecule has 58 heavy (non-hydrogen) atoms. The van der Waals surface area contributed by atoms with E-state index < -0.39 is 0 Å². The molecule has 1 aromatic carbocycles. The van der Waals surface area contributed by atoms with Gasteiger partial charge in [-0.05, 0) is 43.4 Å². The summed E-state index contributed by atoms with van der Waals surface area (Å²) in [5, 5.41) is 13.4. The van der Waals surface area contributed by atoms with E-state index in [4.69, 9.17) is 4.74 Å². The lowest BCUT2D eigenvalue weighted by atomic mass is 9.84. The molecule has 1 unspecified atom stereocenters. The van der Waals surface area contributed by atoms with Gasteiger partial charge in [0.15, 0.2) is 5.78 Å². The summed E-state index contributed by atoms with van der Waals surface area (Å²) in [6.45, 7) is 8.37. The van der Waals surface area contributed by atoms with Crippen molar-refractivity contribution in [3.8, 4) is 5.75 Å². The van der Waals surface area contributed by atoms with Gasteiger partial charge in [-0.1, -0.05) is 186 Å². The Labute approximate surface area is 353 Å². The van der Waals surface area contributed by atoms with E-state index in [9.17, 15) is 9.90 Å². The largest absolute Gasteiger partial charge is 0.871 e. The molecule has 0 amide bonds. The molecule has 318 valence electrons. The Morgan fingerprint density at radius 2 is 1.16 bits per heavy atom. The third-order valence-corrected chi connectivity index (χ3v) is 11.9. The number of carbonyl (C=O) groups is 1. The number of para-hydroxylation sites is 1. The van der Waals surface area contributed by atoms with E-state index in [1.807, 2.05) is 24.3 Å². The van der Waals surface area contributed by atoms with Gasteiger partial charge in [0.05, 0.1) is 30.4 Å². The fourth-order valence-electron chi connectivity index (χ4n) is 8.24. The number of hydrogen-bond acceptors (Lipinski definition) is 5. The molecule has 1 aliphatic carbocycles. The summed E-state index contributed by atoms with van der Waals surface area (Å²) >= 11 is 0. The Bertz CT molecular complexity index is 1600. The topological polar surface area (TPSA) is 77.6 Å². The molecule has 6 nitrogen and oxygen atoms in total. The summed E-state index contributed by atoms with van der Waals surface area (Å²) in [4.78, 5) is 22.5. The number of Topliss-reactive ketones (excluding diaryl/α,β-unsaturated/α-hetero) is 1. The number of hydrogen-bond donors (Lipinski definition) is 0. The maximum absolute atomic E-state index is 13.4. The molecule has 0 saturated carbocycles. The highest BCUT2D eigenvalue weighted by Gasteiger charge is 2.32. The van der Waals surface area contributed by atoms with Crippen molar-refractivity contribution in [1.29, 1.82) is 0 Å². The molecule has 0 bridgehead atoms. The van der Waals surface area contributed by atoms with Crippen molar-refractivity contribution >= 4 is 29.0 Å². The van der Waals surface area contributed by atoms with Gasteiger partial charge < -0.3 is 9.84 Å². The molecule has 2 aliphatic rings. The maximum Gasteiger partial charge on any atom is 0.224 e. The minimum Gasteiger partial charge on any atom is -0.871 e. The van der Waals surface area contributed by atoms with Crippen LogP contribution >= 0.6 is 0 Å². The first-order valence-corrected chi connectivity index (χ1v) is 23.8. The number of unbranched alkanes of at least 4 members (excludes halogenated alkanes) is 21. The van der Waals surface area contributed by atoms with Crippen LogP contribution in [0.3, 0.4) is 0 Å². The van der Waals surface area contributed by atoms with Crippen LogP contribution in [0.5, 0.6) is 5.75 Å². The number of pyridine rings is 1. The van der Waals surface area contributed by atoms with Crippen molar-refractivity contribution in [3.63, 3.8) is 0 Å². The van der Waals surface area contributed by atoms with Crippen LogP contribution in [0.15, 0.2) is 82.8 Å². The summed E-state index contributed by atoms with van der Waals surface area (Å²) in [6.07, 6.45) is 41.2. The number of aliphatic imine (C=N–C) groups is 1. The number of carbonyl (C=O) groups excluding carboxylic acids is 1. The van der Waals surface area contributed by atoms with Gasteiger partial charge in [-0.25, -0.2) is 4.99 Å². The van der Waals surface area contributed by atoms with E-state index in [-0.39, 0.29) is 22.7 Å². The van der Waals surface area contributed by atoms with Gasteiger partial charge >= 0.3 is 0 Å². The summed E-state index contributed by atoms with van der Waals surface area (Å²) in [7, 11) is 0. The number of aromatic nitrogens is 1. The molecular weight excluding hydrogens is 715 g/mol. The second-order valence-corrected chi connectivity index (χ2v) is 16.9. The standard InChI is InChI=1S/C52H77N3O3/c1-4-7-10-13-15-16-17-18-19-20-21-22-24-30-39-55(44-33-28-25-29-34-44)45-35-37-47(53-40-45)49-51(56)50(52(49)57)48-38-36-46(41-54-48)58-42-43(31-26-12-9-6-3)32-27-23-14-11-8-5-2/h25,28-29,33-38,40-41,43H,4-24,26-27,30-32,39,42H2,1-3H3. The van der Waals surface area contributed by atoms with Gasteiger partial charge in [0.2, 0.25) is 11.4 Å². The highest BCUT2D eigenvalue weighted by atomic mass is 16.5. The van der Waals surface area contributed by atoms with Crippen LogP contribution in [0, 0.1) is 5.92 Å². The fraction of sp³-hybridized carbons (Fsp3) is 0.615. The predicted molar refractivity (Wildman–Crippen MR) is 243 cm³/mol. The van der Waals surface area contributed by atoms with Crippen molar-refractivity contribution in [2.45, 2.75) is 188 Å². The lowest BCUT2D eigenvalue weighted by Crippen LogP contribution is -2.31. The van der Waals surface area contributed by atoms with Crippen molar-refractivity contribution in [2.75, 3.05) is 13.2 Å². The van der Waals surface area contributed by atoms with E-state index in [1.54, 1.807) is 18.5 Å². The first kappa shape index (κ1) is 46.9. The molecule has 6 heteroatoms. The Morgan fingerprint density at radius 3 is 1.66 bits per heavy atom. The maximum atomic E-state index is 13.4. The Morgan fingerprint density at radius 1 is 0.621 bits per heavy atom. The van der Waals surface area contributed by atoms with Crippen LogP contribution in [-0.4, -0.2) is 40.4 Å². The SMILES string of the molecule is CCCCCCCCCCCCCCCC[N+](=C1C=C/C(=C2\C(=O)C(c3ccc(OCC(CCCCCC)CCCCCCCC)cn3)=C2[O-])N=C1)c1ccccc1. The minimum absolute atomic E-state index is 0.132. The normalized spacial score (nSPS) is 16.6. The Balaban J connectivity index is 1.28. The molecule has 1 atom stereocenters. The summed E-state index contributed by atoms with van der Waals surface area (Å²) in [6, 6.07) is 14.0. The number of ether oxygens (including phenoxy) is 1. The van der Waals surface area contributed by atoms with Gasteiger partial charge in [0.25, 0.3) is 0 Å². The third-order valence-electron chi connectivity index (χ3n) is 11.9. The van der Waals surface area contributed by atoms with Crippen LogP contribution in [0.2, 0.25) is 0 Å².